The molecule has 0 atom stereocenters. The summed E-state index contributed by atoms with van der Waals surface area (Å²) in [4.78, 5) is 15.5. The Bertz CT molecular complexity index is 766. The van der Waals surface area contributed by atoms with Crippen LogP contribution in [0.4, 0.5) is 0 Å². The molecule has 0 saturated heterocycles. The van der Waals surface area contributed by atoms with Crippen LogP contribution < -0.4 is 0 Å². The average Bonchev–Trinajstić information content (AvgIpc) is 2.90. The lowest BCUT2D eigenvalue weighted by molar-refractivity contribution is 0.0687. The number of rotatable bonds is 2. The van der Waals surface area contributed by atoms with Gasteiger partial charge in [0.25, 0.3) is 0 Å². The summed E-state index contributed by atoms with van der Waals surface area (Å²) in [6.07, 6.45) is 3.41. The molecule has 19 heavy (non-hydrogen) atoms. The minimum Gasteiger partial charge on any atom is -0.477 e. The van der Waals surface area contributed by atoms with Crippen molar-refractivity contribution in [2.75, 3.05) is 0 Å². The molecule has 0 unspecified atom stereocenters. The number of fused-ring (bicyclic) bond motifs is 1. The zero-order chi connectivity index (χ0) is 13.6. The van der Waals surface area contributed by atoms with Crippen LogP contribution in [0.15, 0.2) is 36.7 Å². The van der Waals surface area contributed by atoms with E-state index in [2.05, 4.69) is 4.98 Å². The van der Waals surface area contributed by atoms with Gasteiger partial charge in [0, 0.05) is 25.0 Å². The quantitative estimate of drug-likeness (QED) is 0.764. The summed E-state index contributed by atoms with van der Waals surface area (Å²) >= 11 is 0. The second kappa shape index (κ2) is 3.98. The van der Waals surface area contributed by atoms with E-state index in [-0.39, 0.29) is 5.69 Å². The normalized spacial score (nSPS) is 11.1. The Hall–Kier alpha value is -2.56. The van der Waals surface area contributed by atoms with Crippen molar-refractivity contribution < 1.29 is 9.90 Å². The first-order valence-corrected chi connectivity index (χ1v) is 5.91. The fourth-order valence-corrected chi connectivity index (χ4v) is 2.12. The van der Waals surface area contributed by atoms with Gasteiger partial charge in [-0.1, -0.05) is 29.8 Å². The first kappa shape index (κ1) is 11.5. The molecule has 1 N–H and O–H groups in total. The molecule has 0 aliphatic carbocycles. The molecule has 5 heteroatoms. The van der Waals surface area contributed by atoms with Gasteiger partial charge in [0.1, 0.15) is 5.69 Å². The van der Waals surface area contributed by atoms with Crippen LogP contribution in [0, 0.1) is 6.92 Å². The summed E-state index contributed by atoms with van der Waals surface area (Å²) in [5, 5.41) is 9.04. The molecule has 0 fully saturated rings. The molecule has 3 rings (SSSR count). The van der Waals surface area contributed by atoms with Crippen molar-refractivity contribution in [2.45, 2.75) is 6.92 Å². The van der Waals surface area contributed by atoms with E-state index >= 15 is 0 Å². The fourth-order valence-electron chi connectivity index (χ4n) is 2.12. The average molecular weight is 255 g/mol. The Kier molecular flexibility index (Phi) is 2.41. The van der Waals surface area contributed by atoms with Crippen molar-refractivity contribution in [3.8, 4) is 11.3 Å². The number of benzene rings is 1. The van der Waals surface area contributed by atoms with E-state index in [4.69, 9.17) is 5.11 Å². The molecular formula is C14H13N3O2. The summed E-state index contributed by atoms with van der Waals surface area (Å²) in [6, 6.07) is 8.08. The van der Waals surface area contributed by atoms with E-state index in [1.807, 2.05) is 37.4 Å². The van der Waals surface area contributed by atoms with Gasteiger partial charge < -0.3 is 9.67 Å². The van der Waals surface area contributed by atoms with E-state index in [0.29, 0.717) is 5.78 Å². The predicted octanol–water partition coefficient (Wildman–Crippen LogP) is 2.35. The van der Waals surface area contributed by atoms with Crippen molar-refractivity contribution in [2.24, 2.45) is 7.05 Å². The second-order valence-corrected chi connectivity index (χ2v) is 4.58. The Morgan fingerprint density at radius 2 is 1.89 bits per heavy atom. The largest absolute Gasteiger partial charge is 0.477 e. The molecule has 0 aliphatic heterocycles. The highest BCUT2D eigenvalue weighted by Crippen LogP contribution is 2.20. The molecule has 1 aromatic carbocycles. The zero-order valence-electron chi connectivity index (χ0n) is 10.7. The third kappa shape index (κ3) is 1.79. The lowest BCUT2D eigenvalue weighted by atomic mass is 10.1. The van der Waals surface area contributed by atoms with E-state index in [0.717, 1.165) is 11.3 Å². The smallest absolute Gasteiger partial charge is 0.354 e. The first-order chi connectivity index (χ1) is 9.06. The highest BCUT2D eigenvalue weighted by molar-refractivity contribution is 5.86. The maximum absolute atomic E-state index is 11.0. The van der Waals surface area contributed by atoms with Gasteiger partial charge in [0.05, 0.1) is 5.69 Å². The highest BCUT2D eigenvalue weighted by atomic mass is 16.4. The van der Waals surface area contributed by atoms with Gasteiger partial charge >= 0.3 is 5.97 Å². The third-order valence-electron chi connectivity index (χ3n) is 3.20. The van der Waals surface area contributed by atoms with Gasteiger partial charge in [-0.3, -0.25) is 4.40 Å². The molecule has 5 nitrogen and oxygen atoms in total. The molecule has 2 aromatic heterocycles. The standard InChI is InChI=1S/C14H13N3O2/c1-9-3-5-10(6-4-9)11-7-17-8-12(13(18)19)16(2)14(17)15-11/h3-8H,1-2H3,(H,18,19). The van der Waals surface area contributed by atoms with Crippen molar-refractivity contribution in [1.82, 2.24) is 14.0 Å². The topological polar surface area (TPSA) is 59.5 Å². The number of hydrogen-bond donors (Lipinski definition) is 1. The van der Waals surface area contributed by atoms with Crippen LogP contribution in [0.25, 0.3) is 17.0 Å². The predicted molar refractivity (Wildman–Crippen MR) is 71.3 cm³/mol. The van der Waals surface area contributed by atoms with Crippen LogP contribution in [0.5, 0.6) is 0 Å². The summed E-state index contributed by atoms with van der Waals surface area (Å²) in [6.45, 7) is 2.03. The summed E-state index contributed by atoms with van der Waals surface area (Å²) in [5.74, 6) is -0.335. The Morgan fingerprint density at radius 1 is 1.21 bits per heavy atom. The van der Waals surface area contributed by atoms with E-state index in [9.17, 15) is 4.79 Å². The fraction of sp³-hybridized carbons (Fsp3) is 0.143. The first-order valence-electron chi connectivity index (χ1n) is 5.91. The number of nitrogens with zero attached hydrogens (tertiary/aromatic N) is 3. The molecule has 0 aliphatic rings. The van der Waals surface area contributed by atoms with E-state index in [1.165, 1.54) is 5.56 Å². The van der Waals surface area contributed by atoms with E-state index < -0.39 is 5.97 Å². The lowest BCUT2D eigenvalue weighted by Gasteiger charge is -1.98. The van der Waals surface area contributed by atoms with Crippen LogP contribution in [0.3, 0.4) is 0 Å². The van der Waals surface area contributed by atoms with Gasteiger partial charge in [-0.05, 0) is 6.92 Å². The maximum Gasteiger partial charge on any atom is 0.354 e. The number of hydrogen-bond acceptors (Lipinski definition) is 2. The molecule has 0 bridgehead atoms. The zero-order valence-corrected chi connectivity index (χ0v) is 10.7. The van der Waals surface area contributed by atoms with Gasteiger partial charge in [0.15, 0.2) is 0 Å². The number of aromatic nitrogens is 3. The molecule has 0 amide bonds. The van der Waals surface area contributed by atoms with Crippen molar-refractivity contribution >= 4 is 11.7 Å². The highest BCUT2D eigenvalue weighted by Gasteiger charge is 2.14. The minimum absolute atomic E-state index is 0.220. The summed E-state index contributed by atoms with van der Waals surface area (Å²) < 4.78 is 3.30. The monoisotopic (exact) mass is 255 g/mol. The summed E-state index contributed by atoms with van der Waals surface area (Å²) in [7, 11) is 1.70. The van der Waals surface area contributed by atoms with Gasteiger partial charge in [-0.25, -0.2) is 9.78 Å². The molecule has 0 radical (unpaired) electrons. The van der Waals surface area contributed by atoms with Crippen molar-refractivity contribution in [3.63, 3.8) is 0 Å². The third-order valence-corrected chi connectivity index (χ3v) is 3.20. The van der Waals surface area contributed by atoms with Crippen LogP contribution in [0.2, 0.25) is 0 Å². The van der Waals surface area contributed by atoms with Gasteiger partial charge in [-0.15, -0.1) is 0 Å². The van der Waals surface area contributed by atoms with E-state index in [1.54, 1.807) is 22.2 Å². The van der Waals surface area contributed by atoms with Gasteiger partial charge in [-0.2, -0.15) is 0 Å². The Labute approximate surface area is 109 Å². The molecule has 0 saturated carbocycles. The maximum atomic E-state index is 11.0. The van der Waals surface area contributed by atoms with Crippen LogP contribution in [0.1, 0.15) is 16.1 Å². The SMILES string of the molecule is Cc1ccc(-c2cn3cc(C(=O)O)n(C)c3n2)cc1. The molecular weight excluding hydrogens is 242 g/mol. The number of aromatic carboxylic acids is 1. The molecule has 0 spiro atoms. The second-order valence-electron chi connectivity index (χ2n) is 4.58. The minimum atomic E-state index is -0.954. The Morgan fingerprint density at radius 3 is 2.47 bits per heavy atom. The molecule has 3 aromatic rings. The Balaban J connectivity index is 2.13. The molecule has 96 valence electrons. The number of carboxylic acids is 1. The lowest BCUT2D eigenvalue weighted by Crippen LogP contribution is -2.04. The van der Waals surface area contributed by atoms with Crippen LogP contribution >= 0.6 is 0 Å². The van der Waals surface area contributed by atoms with Crippen molar-refractivity contribution in [3.05, 3.63) is 47.9 Å². The van der Waals surface area contributed by atoms with Crippen LogP contribution in [-0.4, -0.2) is 25.0 Å². The van der Waals surface area contributed by atoms with Crippen LogP contribution in [-0.2, 0) is 7.05 Å². The number of aryl methyl sites for hydroxylation is 2. The number of imidazole rings is 2. The summed E-state index contributed by atoms with van der Waals surface area (Å²) in [5.41, 5.74) is 3.27. The van der Waals surface area contributed by atoms with Gasteiger partial charge in [0.2, 0.25) is 5.78 Å². The number of carbonyl (C=O) groups is 1. The van der Waals surface area contributed by atoms with Crippen molar-refractivity contribution in [1.29, 1.82) is 0 Å². The number of carboxylic acid groups (broad SMARTS) is 1. The molecule has 2 heterocycles.